The third kappa shape index (κ3) is 4.76. The number of anilines is 1. The molecule has 2 heterocycles. The highest BCUT2D eigenvalue weighted by atomic mass is 19.1. The van der Waals surface area contributed by atoms with Gasteiger partial charge in [-0.1, -0.05) is 12.1 Å². The molecule has 4 rings (SSSR count). The first kappa shape index (κ1) is 22.2. The fourth-order valence-electron chi connectivity index (χ4n) is 3.09. The van der Waals surface area contributed by atoms with Crippen molar-refractivity contribution in [3.8, 4) is 23.4 Å². The number of hydrogen-bond donors (Lipinski definition) is 1. The molecule has 0 unspecified atom stereocenters. The first-order valence-corrected chi connectivity index (χ1v) is 10.0. The molecular weight excluding hydrogens is 439 g/mol. The van der Waals surface area contributed by atoms with Gasteiger partial charge < -0.3 is 14.8 Å². The van der Waals surface area contributed by atoms with Gasteiger partial charge in [-0.15, -0.1) is 0 Å². The van der Waals surface area contributed by atoms with Gasteiger partial charge in [-0.05, 0) is 54.6 Å². The summed E-state index contributed by atoms with van der Waals surface area (Å²) in [5.74, 6) is -0.583. The summed E-state index contributed by atoms with van der Waals surface area (Å²) in [6.07, 6.45) is 2.62. The van der Waals surface area contributed by atoms with E-state index in [2.05, 4.69) is 10.3 Å². The predicted octanol–water partition coefficient (Wildman–Crippen LogP) is 4.18. The Morgan fingerprint density at radius 2 is 1.91 bits per heavy atom. The summed E-state index contributed by atoms with van der Waals surface area (Å²) < 4.78 is 25.4. The number of ether oxygens (including phenoxy) is 2. The van der Waals surface area contributed by atoms with E-state index in [1.54, 1.807) is 42.5 Å². The van der Waals surface area contributed by atoms with E-state index in [1.165, 1.54) is 42.0 Å². The Balaban J connectivity index is 1.78. The van der Waals surface area contributed by atoms with E-state index in [9.17, 15) is 19.2 Å². The molecule has 4 aromatic rings. The Kier molecular flexibility index (Phi) is 6.32. The zero-order valence-corrected chi connectivity index (χ0v) is 17.9. The Hall–Kier alpha value is -4.97. The van der Waals surface area contributed by atoms with Crippen molar-refractivity contribution in [3.63, 3.8) is 0 Å². The molecule has 0 atom stereocenters. The second kappa shape index (κ2) is 9.67. The molecule has 168 valence electrons. The minimum absolute atomic E-state index is 0.120. The number of nitrogens with one attached hydrogen (secondary N) is 1. The van der Waals surface area contributed by atoms with Crippen LogP contribution in [0.5, 0.6) is 17.4 Å². The fourth-order valence-corrected chi connectivity index (χ4v) is 3.09. The number of carbonyl (C=O) groups excluding carboxylic acids is 1. The topological polar surface area (TPSA) is 106 Å². The van der Waals surface area contributed by atoms with Crippen molar-refractivity contribution in [2.24, 2.45) is 0 Å². The molecule has 0 aliphatic carbocycles. The minimum Gasteiger partial charge on any atom is -0.497 e. The van der Waals surface area contributed by atoms with Gasteiger partial charge in [-0.25, -0.2) is 4.39 Å². The summed E-state index contributed by atoms with van der Waals surface area (Å²) in [6, 6.07) is 18.5. The molecule has 2 aromatic carbocycles. The largest absolute Gasteiger partial charge is 0.497 e. The number of aromatic nitrogens is 2. The van der Waals surface area contributed by atoms with Gasteiger partial charge in [-0.2, -0.15) is 10.2 Å². The first-order valence-electron chi connectivity index (χ1n) is 10.0. The molecular formula is C25H17FN4O4. The van der Waals surface area contributed by atoms with Crippen LogP contribution in [0.3, 0.4) is 0 Å². The number of halogens is 1. The Morgan fingerprint density at radius 3 is 2.65 bits per heavy atom. The molecule has 1 N–H and O–H groups in total. The van der Waals surface area contributed by atoms with Gasteiger partial charge in [0.1, 0.15) is 40.2 Å². The van der Waals surface area contributed by atoms with Crippen LogP contribution < -0.4 is 20.3 Å². The van der Waals surface area contributed by atoms with Crippen molar-refractivity contribution >= 4 is 23.3 Å². The van der Waals surface area contributed by atoms with Crippen LogP contribution in [0, 0.1) is 17.1 Å². The Labute approximate surface area is 193 Å². The third-order valence-corrected chi connectivity index (χ3v) is 4.74. The normalized spacial score (nSPS) is 11.0. The van der Waals surface area contributed by atoms with Crippen molar-refractivity contribution in [1.29, 1.82) is 5.26 Å². The lowest BCUT2D eigenvalue weighted by molar-refractivity contribution is -0.112. The fraction of sp³-hybridized carbons (Fsp3) is 0.0400. The molecule has 9 heteroatoms. The van der Waals surface area contributed by atoms with Crippen molar-refractivity contribution in [1.82, 2.24) is 9.38 Å². The molecule has 1 amide bonds. The number of amides is 1. The average molecular weight is 456 g/mol. The van der Waals surface area contributed by atoms with Gasteiger partial charge in [0.05, 0.1) is 7.11 Å². The van der Waals surface area contributed by atoms with Crippen molar-refractivity contribution in [3.05, 3.63) is 100 Å². The van der Waals surface area contributed by atoms with Crippen molar-refractivity contribution in [2.45, 2.75) is 0 Å². The lowest BCUT2D eigenvalue weighted by Gasteiger charge is -2.10. The SMILES string of the molecule is COc1cccc(NC(=O)/C(C#N)=C\c2c(Oc3ccc(F)cc3)nc3ccccn3c2=O)c1. The number of nitrogens with zero attached hydrogens (tertiary/aromatic N) is 3. The molecule has 34 heavy (non-hydrogen) atoms. The number of rotatable bonds is 6. The number of carbonyl (C=O) groups is 1. The number of benzene rings is 2. The monoisotopic (exact) mass is 456 g/mol. The lowest BCUT2D eigenvalue weighted by Crippen LogP contribution is -2.20. The van der Waals surface area contributed by atoms with Crippen molar-refractivity contribution in [2.75, 3.05) is 12.4 Å². The second-order valence-corrected chi connectivity index (χ2v) is 6.98. The second-order valence-electron chi connectivity index (χ2n) is 6.98. The first-order chi connectivity index (χ1) is 16.5. The number of methoxy groups -OCH3 is 1. The van der Waals surface area contributed by atoms with Gasteiger partial charge in [0.2, 0.25) is 5.88 Å². The molecule has 0 radical (unpaired) electrons. The minimum atomic E-state index is -0.735. The third-order valence-electron chi connectivity index (χ3n) is 4.74. The highest BCUT2D eigenvalue weighted by Crippen LogP contribution is 2.25. The van der Waals surface area contributed by atoms with E-state index in [0.29, 0.717) is 17.1 Å². The van der Waals surface area contributed by atoms with E-state index >= 15 is 0 Å². The van der Waals surface area contributed by atoms with Gasteiger partial charge in [0.15, 0.2) is 0 Å². The van der Waals surface area contributed by atoms with Crippen molar-refractivity contribution < 1.29 is 18.7 Å². The molecule has 0 fully saturated rings. The molecule has 8 nitrogen and oxygen atoms in total. The summed E-state index contributed by atoms with van der Waals surface area (Å²) in [4.78, 5) is 30.3. The highest BCUT2D eigenvalue weighted by Gasteiger charge is 2.17. The van der Waals surface area contributed by atoms with Crippen LogP contribution in [0.1, 0.15) is 5.56 Å². The molecule has 0 saturated heterocycles. The molecule has 0 aliphatic rings. The maximum absolute atomic E-state index is 13.3. The van der Waals surface area contributed by atoms with Gasteiger partial charge in [0, 0.05) is 18.0 Å². The molecule has 2 aromatic heterocycles. The quantitative estimate of drug-likeness (QED) is 0.345. The summed E-state index contributed by atoms with van der Waals surface area (Å²) in [5.41, 5.74) is -0.320. The lowest BCUT2D eigenvalue weighted by atomic mass is 10.1. The zero-order chi connectivity index (χ0) is 24.1. The van der Waals surface area contributed by atoms with Gasteiger partial charge in [-0.3, -0.25) is 14.0 Å². The predicted molar refractivity (Wildman–Crippen MR) is 123 cm³/mol. The summed E-state index contributed by atoms with van der Waals surface area (Å²) in [5, 5.41) is 12.2. The van der Waals surface area contributed by atoms with Crippen LogP contribution in [-0.2, 0) is 4.79 Å². The van der Waals surface area contributed by atoms with E-state index in [-0.39, 0.29) is 22.8 Å². The number of fused-ring (bicyclic) bond motifs is 1. The van der Waals surface area contributed by atoms with E-state index < -0.39 is 17.3 Å². The number of hydrogen-bond acceptors (Lipinski definition) is 6. The van der Waals surface area contributed by atoms with E-state index in [0.717, 1.165) is 6.08 Å². The maximum atomic E-state index is 13.3. The molecule has 0 saturated carbocycles. The summed E-state index contributed by atoms with van der Waals surface area (Å²) >= 11 is 0. The Bertz CT molecular complexity index is 1500. The van der Waals surface area contributed by atoms with Crippen LogP contribution in [0.4, 0.5) is 10.1 Å². The van der Waals surface area contributed by atoms with Crippen LogP contribution in [0.25, 0.3) is 11.7 Å². The summed E-state index contributed by atoms with van der Waals surface area (Å²) in [6.45, 7) is 0. The zero-order valence-electron chi connectivity index (χ0n) is 17.9. The average Bonchev–Trinajstić information content (AvgIpc) is 2.85. The molecule has 0 spiro atoms. The van der Waals surface area contributed by atoms with Crippen LogP contribution in [0.2, 0.25) is 0 Å². The Morgan fingerprint density at radius 1 is 1.12 bits per heavy atom. The van der Waals surface area contributed by atoms with Crippen LogP contribution in [-0.4, -0.2) is 22.4 Å². The maximum Gasteiger partial charge on any atom is 0.269 e. The molecule has 0 bridgehead atoms. The highest BCUT2D eigenvalue weighted by molar-refractivity contribution is 6.09. The van der Waals surface area contributed by atoms with Gasteiger partial charge >= 0.3 is 0 Å². The number of pyridine rings is 1. The van der Waals surface area contributed by atoms with Crippen LogP contribution in [0.15, 0.2) is 83.3 Å². The van der Waals surface area contributed by atoms with Gasteiger partial charge in [0.25, 0.3) is 11.5 Å². The number of nitriles is 1. The van der Waals surface area contributed by atoms with Crippen LogP contribution >= 0.6 is 0 Å². The molecule has 0 aliphatic heterocycles. The standard InChI is InChI=1S/C25H17FN4O4/c1-33-20-6-4-5-18(14-20)28-23(31)16(15-27)13-21-24(34-19-10-8-17(26)9-11-19)29-22-7-2-3-12-30(22)25(21)32/h2-14H,1H3,(H,28,31)/b16-13-. The summed E-state index contributed by atoms with van der Waals surface area (Å²) in [7, 11) is 1.49. The van der Waals surface area contributed by atoms with E-state index in [4.69, 9.17) is 9.47 Å². The van der Waals surface area contributed by atoms with E-state index in [1.807, 2.05) is 6.07 Å². The smallest absolute Gasteiger partial charge is 0.269 e.